The molecule has 10 N–H and O–H groups in total. The maximum absolute atomic E-state index is 11.6. The second-order valence-electron chi connectivity index (χ2n) is 9.09. The zero-order valence-corrected chi connectivity index (χ0v) is 19.8. The number of carbonyl (C=O) groups is 2. The molecule has 1 amide bonds. The number of aliphatic hydroxyl groups excluding tert-OH is 8. The molecule has 17 heteroatoms. The molecular weight excluding hydrogens is 510 g/mol. The highest BCUT2D eigenvalue weighted by Gasteiger charge is 2.53. The van der Waals surface area contributed by atoms with E-state index in [2.05, 4.69) is 10.1 Å². The number of nitrogens with one attached hydrogen (secondary N) is 1. The molecule has 3 saturated heterocycles. The zero-order valence-electron chi connectivity index (χ0n) is 19.8. The van der Waals surface area contributed by atoms with Gasteiger partial charge in [0.05, 0.1) is 12.7 Å². The molecule has 0 unspecified atom stereocenters. The largest absolute Gasteiger partial charge is 0.479 e. The van der Waals surface area contributed by atoms with Gasteiger partial charge < -0.3 is 75.0 Å². The third-order valence-corrected chi connectivity index (χ3v) is 6.42. The van der Waals surface area contributed by atoms with E-state index in [-0.39, 0.29) is 0 Å². The van der Waals surface area contributed by atoms with Crippen LogP contribution in [-0.4, -0.2) is 156 Å². The van der Waals surface area contributed by atoms with Crippen LogP contribution in [0.25, 0.3) is 0 Å². The highest BCUT2D eigenvalue weighted by molar-refractivity contribution is 5.73. The molecular formula is C20H33NO16. The van der Waals surface area contributed by atoms with E-state index in [1.807, 2.05) is 0 Å². The summed E-state index contributed by atoms with van der Waals surface area (Å²) in [4.78, 5) is 22.9. The smallest absolute Gasteiger partial charge is 0.335 e. The minimum atomic E-state index is -2.05. The highest BCUT2D eigenvalue weighted by Crippen LogP contribution is 2.32. The number of ether oxygens (including phenoxy) is 5. The van der Waals surface area contributed by atoms with Crippen LogP contribution in [0.4, 0.5) is 0 Å². The first kappa shape index (κ1) is 30.0. The quantitative estimate of drug-likeness (QED) is 0.143. The second kappa shape index (κ2) is 12.1. The molecule has 3 aliphatic heterocycles. The summed E-state index contributed by atoms with van der Waals surface area (Å²) >= 11 is 0. The monoisotopic (exact) mass is 543 g/mol. The molecule has 214 valence electrons. The summed E-state index contributed by atoms with van der Waals surface area (Å²) in [5, 5.41) is 93.0. The van der Waals surface area contributed by atoms with E-state index in [0.29, 0.717) is 0 Å². The van der Waals surface area contributed by atoms with Crippen LogP contribution in [0.5, 0.6) is 0 Å². The number of amides is 1. The van der Waals surface area contributed by atoms with Crippen LogP contribution in [0.2, 0.25) is 0 Å². The number of hydrogen-bond donors (Lipinski definition) is 10. The summed E-state index contributed by atoms with van der Waals surface area (Å²) in [7, 11) is 0. The van der Waals surface area contributed by atoms with Crippen LogP contribution >= 0.6 is 0 Å². The first-order valence-corrected chi connectivity index (χ1v) is 11.4. The SMILES string of the molecule is CC(=O)N[C@H]1[C@H](O[C@H]2[C@@H](O)[C@H](O)[C@@H](O[C@@H]3[C@@H](O)[C@@H](O)O[C@H](C(=O)O)[C@H]3O)O[C@H]2C)O[C@H](CO)[C@@H](O)[C@@H]1O. The lowest BCUT2D eigenvalue weighted by Gasteiger charge is -2.48. The fraction of sp³-hybridized carbons (Fsp3) is 0.900. The van der Waals surface area contributed by atoms with E-state index in [9.17, 15) is 50.4 Å². The molecule has 3 aliphatic rings. The Kier molecular flexibility index (Phi) is 9.78. The summed E-state index contributed by atoms with van der Waals surface area (Å²) in [6.45, 7) is 1.78. The lowest BCUT2D eigenvalue weighted by atomic mass is 9.95. The standard InChI is InChI=1S/C20H33NO16/c1-4-14(36-19-7(21-5(2)23)9(25)8(24)6(3-22)34-19)10(26)11(27)20(33-4)37-15-12(28)16(17(30)31)35-18(32)13(15)29/h4,6-16,18-20,22,24-29,32H,3H2,1-2H3,(H,21,23)(H,30,31)/t4-,6+,7+,8+,9+,10-,11-,12-,13+,14+,15-,16-,18-,19-,20+/m0/s1. The predicted octanol–water partition coefficient (Wildman–Crippen LogP) is -6.31. The van der Waals surface area contributed by atoms with Crippen LogP contribution in [0.3, 0.4) is 0 Å². The Bertz CT molecular complexity index is 802. The van der Waals surface area contributed by atoms with Gasteiger partial charge in [0, 0.05) is 6.92 Å². The Morgan fingerprint density at radius 3 is 1.97 bits per heavy atom. The van der Waals surface area contributed by atoms with Crippen LogP contribution in [0, 0.1) is 0 Å². The third kappa shape index (κ3) is 6.19. The van der Waals surface area contributed by atoms with Gasteiger partial charge in [-0.15, -0.1) is 0 Å². The van der Waals surface area contributed by atoms with Crippen molar-refractivity contribution in [2.24, 2.45) is 0 Å². The summed E-state index contributed by atoms with van der Waals surface area (Å²) < 4.78 is 26.6. The van der Waals surface area contributed by atoms with Gasteiger partial charge in [-0.3, -0.25) is 4.79 Å². The topological polar surface area (TPSA) is 274 Å². The van der Waals surface area contributed by atoms with Crippen LogP contribution in [-0.2, 0) is 33.3 Å². The van der Waals surface area contributed by atoms with Crippen molar-refractivity contribution in [1.82, 2.24) is 5.32 Å². The Balaban J connectivity index is 1.74. The minimum absolute atomic E-state index is 0.617. The van der Waals surface area contributed by atoms with E-state index < -0.39 is 111 Å². The normalized spacial score (nSPS) is 48.9. The van der Waals surface area contributed by atoms with Crippen LogP contribution in [0.1, 0.15) is 13.8 Å². The average molecular weight is 543 g/mol. The van der Waals surface area contributed by atoms with Crippen molar-refractivity contribution < 1.29 is 79.2 Å². The first-order chi connectivity index (χ1) is 17.3. The Morgan fingerprint density at radius 1 is 0.784 bits per heavy atom. The van der Waals surface area contributed by atoms with Gasteiger partial charge in [-0.25, -0.2) is 4.79 Å². The summed E-state index contributed by atoms with van der Waals surface area (Å²) in [5.74, 6) is -2.28. The van der Waals surface area contributed by atoms with Crippen molar-refractivity contribution in [2.75, 3.05) is 6.61 Å². The average Bonchev–Trinajstić information content (AvgIpc) is 2.83. The summed E-state index contributed by atoms with van der Waals surface area (Å²) in [5.41, 5.74) is 0. The maximum Gasteiger partial charge on any atom is 0.335 e. The van der Waals surface area contributed by atoms with Gasteiger partial charge in [0.15, 0.2) is 25.0 Å². The van der Waals surface area contributed by atoms with Crippen molar-refractivity contribution in [3.8, 4) is 0 Å². The predicted molar refractivity (Wildman–Crippen MR) is 112 cm³/mol. The van der Waals surface area contributed by atoms with Gasteiger partial charge in [-0.2, -0.15) is 0 Å². The summed E-state index contributed by atoms with van der Waals surface area (Å²) in [6, 6.07) is -1.34. The number of carbonyl (C=O) groups excluding carboxylic acids is 1. The molecule has 17 nitrogen and oxygen atoms in total. The van der Waals surface area contributed by atoms with Gasteiger partial charge in [0.2, 0.25) is 5.91 Å². The molecule has 3 fully saturated rings. The number of hydrogen-bond acceptors (Lipinski definition) is 15. The van der Waals surface area contributed by atoms with E-state index in [1.54, 1.807) is 0 Å². The molecule has 0 aromatic heterocycles. The van der Waals surface area contributed by atoms with E-state index >= 15 is 0 Å². The van der Waals surface area contributed by atoms with E-state index in [0.717, 1.165) is 6.92 Å². The van der Waals surface area contributed by atoms with Gasteiger partial charge in [-0.1, -0.05) is 0 Å². The van der Waals surface area contributed by atoms with Gasteiger partial charge in [-0.05, 0) is 6.92 Å². The molecule has 0 aromatic rings. The lowest BCUT2D eigenvalue weighted by molar-refractivity contribution is -0.366. The van der Waals surface area contributed by atoms with Crippen molar-refractivity contribution in [3.63, 3.8) is 0 Å². The summed E-state index contributed by atoms with van der Waals surface area (Å²) in [6.07, 6.45) is -23.8. The van der Waals surface area contributed by atoms with Gasteiger partial charge in [0.1, 0.15) is 61.0 Å². The molecule has 3 rings (SSSR count). The Morgan fingerprint density at radius 2 is 1.41 bits per heavy atom. The van der Waals surface area contributed by atoms with Crippen LogP contribution < -0.4 is 5.32 Å². The lowest BCUT2D eigenvalue weighted by Crippen LogP contribution is -2.68. The number of carboxylic acids is 1. The van der Waals surface area contributed by atoms with Gasteiger partial charge in [0.25, 0.3) is 0 Å². The van der Waals surface area contributed by atoms with E-state index in [1.165, 1.54) is 6.92 Å². The Hall–Kier alpha value is -1.58. The molecule has 0 bridgehead atoms. The van der Waals surface area contributed by atoms with Crippen molar-refractivity contribution in [2.45, 2.75) is 106 Å². The molecule has 0 spiro atoms. The third-order valence-electron chi connectivity index (χ3n) is 6.42. The zero-order chi connectivity index (χ0) is 27.8. The maximum atomic E-state index is 11.6. The molecule has 0 aromatic carbocycles. The number of rotatable bonds is 7. The number of carboxylic acid groups (broad SMARTS) is 1. The molecule has 3 heterocycles. The highest BCUT2D eigenvalue weighted by atomic mass is 16.7. The Labute approximate surface area is 209 Å². The number of aliphatic carboxylic acids is 1. The van der Waals surface area contributed by atoms with Gasteiger partial charge >= 0.3 is 5.97 Å². The van der Waals surface area contributed by atoms with Crippen molar-refractivity contribution in [1.29, 1.82) is 0 Å². The minimum Gasteiger partial charge on any atom is -0.479 e. The first-order valence-electron chi connectivity index (χ1n) is 11.4. The molecule has 0 aliphatic carbocycles. The van der Waals surface area contributed by atoms with Crippen LogP contribution in [0.15, 0.2) is 0 Å². The second-order valence-corrected chi connectivity index (χ2v) is 9.09. The van der Waals surface area contributed by atoms with E-state index in [4.69, 9.17) is 24.1 Å². The number of aliphatic hydroxyl groups is 8. The molecule has 0 radical (unpaired) electrons. The fourth-order valence-electron chi connectivity index (χ4n) is 4.42. The van der Waals surface area contributed by atoms with Crippen molar-refractivity contribution >= 4 is 11.9 Å². The molecule has 0 saturated carbocycles. The van der Waals surface area contributed by atoms with Crippen molar-refractivity contribution in [3.05, 3.63) is 0 Å². The molecule has 37 heavy (non-hydrogen) atoms. The fourth-order valence-corrected chi connectivity index (χ4v) is 4.42. The molecule has 15 atom stereocenters.